The van der Waals surface area contributed by atoms with Crippen LogP contribution in [0.5, 0.6) is 5.75 Å². The Balaban J connectivity index is 1.63. The number of benzene rings is 1. The number of carbonyl (C=O) groups excluding carboxylic acids is 1. The van der Waals surface area contributed by atoms with Crippen molar-refractivity contribution < 1.29 is 13.9 Å². The van der Waals surface area contributed by atoms with Gasteiger partial charge in [0, 0.05) is 23.8 Å². The molecule has 0 aliphatic heterocycles. The van der Waals surface area contributed by atoms with Crippen LogP contribution in [-0.2, 0) is 13.7 Å². The second kappa shape index (κ2) is 7.81. The lowest BCUT2D eigenvalue weighted by Gasteiger charge is -2.06. The highest BCUT2D eigenvalue weighted by Gasteiger charge is 2.10. The van der Waals surface area contributed by atoms with E-state index in [1.165, 1.54) is 6.08 Å². The highest BCUT2D eigenvalue weighted by molar-refractivity contribution is 6.34. The van der Waals surface area contributed by atoms with Crippen LogP contribution in [0.2, 0.25) is 10.0 Å². The zero-order valence-electron chi connectivity index (χ0n) is 14.2. The van der Waals surface area contributed by atoms with Crippen molar-refractivity contribution in [2.75, 3.05) is 0 Å². The fourth-order valence-electron chi connectivity index (χ4n) is 2.29. The Labute approximate surface area is 160 Å². The van der Waals surface area contributed by atoms with E-state index in [1.807, 2.05) is 6.92 Å². The third-order valence-corrected chi connectivity index (χ3v) is 4.39. The highest BCUT2D eigenvalue weighted by Crippen LogP contribution is 2.28. The summed E-state index contributed by atoms with van der Waals surface area (Å²) in [5.41, 5.74) is 1.38. The number of hydrogen-bond acceptors (Lipinski definition) is 4. The Morgan fingerprint density at radius 2 is 2.12 bits per heavy atom. The average Bonchev–Trinajstić information content (AvgIpc) is 3.21. The van der Waals surface area contributed by atoms with Crippen molar-refractivity contribution in [1.29, 1.82) is 0 Å². The van der Waals surface area contributed by atoms with Gasteiger partial charge in [0.1, 0.15) is 23.9 Å². The number of nitrogens with zero attached hydrogens (tertiary/aromatic N) is 2. The molecule has 0 amide bonds. The zero-order chi connectivity index (χ0) is 18.7. The minimum atomic E-state index is -0.129. The number of ketones is 1. The van der Waals surface area contributed by atoms with Gasteiger partial charge in [-0.05, 0) is 43.3 Å². The van der Waals surface area contributed by atoms with Crippen LogP contribution in [0, 0.1) is 6.92 Å². The molecule has 3 aromatic rings. The summed E-state index contributed by atoms with van der Waals surface area (Å²) in [6.07, 6.45) is 4.63. The average molecular weight is 391 g/mol. The van der Waals surface area contributed by atoms with Crippen molar-refractivity contribution in [2.24, 2.45) is 7.05 Å². The van der Waals surface area contributed by atoms with Crippen molar-refractivity contribution in [3.05, 3.63) is 75.4 Å². The second-order valence-corrected chi connectivity index (χ2v) is 6.48. The van der Waals surface area contributed by atoms with Crippen LogP contribution in [0.25, 0.3) is 6.08 Å². The Morgan fingerprint density at radius 3 is 2.85 bits per heavy atom. The van der Waals surface area contributed by atoms with E-state index >= 15 is 0 Å². The maximum atomic E-state index is 12.2. The van der Waals surface area contributed by atoms with E-state index in [0.717, 1.165) is 5.69 Å². The number of ether oxygens (including phenoxy) is 1. The van der Waals surface area contributed by atoms with Gasteiger partial charge in [-0.25, -0.2) is 0 Å². The number of furan rings is 1. The molecule has 5 nitrogen and oxygen atoms in total. The first kappa shape index (κ1) is 18.3. The second-order valence-electron chi connectivity index (χ2n) is 5.63. The summed E-state index contributed by atoms with van der Waals surface area (Å²) >= 11 is 12.0. The maximum Gasteiger partial charge on any atom is 0.189 e. The smallest absolute Gasteiger partial charge is 0.189 e. The number of aryl methyl sites for hydroxylation is 1. The fraction of sp³-hybridized carbons (Fsp3) is 0.158. The number of halogens is 2. The predicted molar refractivity (Wildman–Crippen MR) is 101 cm³/mol. The molecule has 2 heterocycles. The van der Waals surface area contributed by atoms with Crippen molar-refractivity contribution in [3.8, 4) is 5.75 Å². The first-order valence-corrected chi connectivity index (χ1v) is 8.57. The van der Waals surface area contributed by atoms with E-state index < -0.39 is 0 Å². The molecule has 7 heteroatoms. The summed E-state index contributed by atoms with van der Waals surface area (Å²) in [5.74, 6) is 1.51. The molecule has 0 saturated carbocycles. The van der Waals surface area contributed by atoms with E-state index in [2.05, 4.69) is 5.10 Å². The summed E-state index contributed by atoms with van der Waals surface area (Å²) in [6.45, 7) is 2.04. The Kier molecular flexibility index (Phi) is 5.49. The molecule has 0 spiro atoms. The monoisotopic (exact) mass is 390 g/mol. The summed E-state index contributed by atoms with van der Waals surface area (Å²) in [5, 5.41) is 5.07. The van der Waals surface area contributed by atoms with Crippen molar-refractivity contribution in [2.45, 2.75) is 13.5 Å². The number of allylic oxidation sites excluding steroid dienone is 1. The van der Waals surface area contributed by atoms with Crippen LogP contribution in [-0.4, -0.2) is 15.6 Å². The maximum absolute atomic E-state index is 12.2. The lowest BCUT2D eigenvalue weighted by Crippen LogP contribution is -1.98. The van der Waals surface area contributed by atoms with Gasteiger partial charge in [-0.3, -0.25) is 9.48 Å². The fourth-order valence-corrected chi connectivity index (χ4v) is 2.62. The molecule has 0 aliphatic carbocycles. The molecule has 0 saturated heterocycles. The van der Waals surface area contributed by atoms with Gasteiger partial charge in [0.25, 0.3) is 0 Å². The lowest BCUT2D eigenvalue weighted by atomic mass is 10.1. The quantitative estimate of drug-likeness (QED) is 0.433. The molecule has 0 aliphatic rings. The van der Waals surface area contributed by atoms with Crippen molar-refractivity contribution in [3.63, 3.8) is 0 Å². The Morgan fingerprint density at radius 1 is 1.31 bits per heavy atom. The van der Waals surface area contributed by atoms with E-state index in [9.17, 15) is 4.79 Å². The Hall–Kier alpha value is -2.50. The van der Waals surface area contributed by atoms with Gasteiger partial charge >= 0.3 is 0 Å². The van der Waals surface area contributed by atoms with Crippen LogP contribution < -0.4 is 4.74 Å². The van der Waals surface area contributed by atoms with E-state index in [1.54, 1.807) is 54.3 Å². The molecule has 3 rings (SSSR count). The highest BCUT2D eigenvalue weighted by atomic mass is 35.5. The first-order valence-electron chi connectivity index (χ1n) is 7.81. The van der Waals surface area contributed by atoms with E-state index in [-0.39, 0.29) is 12.4 Å². The van der Waals surface area contributed by atoms with Crippen molar-refractivity contribution >= 4 is 35.1 Å². The number of rotatable bonds is 6. The van der Waals surface area contributed by atoms with Gasteiger partial charge in [-0.15, -0.1) is 0 Å². The van der Waals surface area contributed by atoms with Crippen LogP contribution >= 0.6 is 23.2 Å². The zero-order valence-corrected chi connectivity index (χ0v) is 15.7. The van der Waals surface area contributed by atoms with Gasteiger partial charge in [0.15, 0.2) is 5.78 Å². The molecule has 26 heavy (non-hydrogen) atoms. The van der Waals surface area contributed by atoms with Crippen LogP contribution in [0.1, 0.15) is 27.6 Å². The largest absolute Gasteiger partial charge is 0.484 e. The predicted octanol–water partition coefficient (Wildman–Crippen LogP) is 5.10. The molecule has 134 valence electrons. The van der Waals surface area contributed by atoms with Crippen LogP contribution in [0.15, 0.2) is 47.0 Å². The van der Waals surface area contributed by atoms with Crippen molar-refractivity contribution in [1.82, 2.24) is 9.78 Å². The third-order valence-electron chi connectivity index (χ3n) is 3.85. The molecular weight excluding hydrogens is 375 g/mol. The summed E-state index contributed by atoms with van der Waals surface area (Å²) in [6, 6.07) is 8.54. The van der Waals surface area contributed by atoms with Gasteiger partial charge in [0.2, 0.25) is 0 Å². The Bertz CT molecular complexity index is 973. The molecule has 0 atom stereocenters. The van der Waals surface area contributed by atoms with Crippen LogP contribution in [0.3, 0.4) is 0 Å². The standard InChI is InChI=1S/C19H16Cl2N2O3/c1-12-16(10-22-23(12)2)18(24)8-6-14-4-5-15(26-14)11-25-19-9-13(20)3-7-17(19)21/h3-10H,11H2,1-2H3/b8-6+. The SMILES string of the molecule is Cc1c(C(=O)/C=C/c2ccc(COc3cc(Cl)ccc3Cl)o2)cnn1C. The number of carbonyl (C=O) groups is 1. The third kappa shape index (κ3) is 4.18. The van der Waals surface area contributed by atoms with Gasteiger partial charge in [0.05, 0.1) is 16.8 Å². The van der Waals surface area contributed by atoms with E-state index in [4.69, 9.17) is 32.4 Å². The summed E-state index contributed by atoms with van der Waals surface area (Å²) in [4.78, 5) is 12.2. The molecule has 0 N–H and O–H groups in total. The molecule has 1 aromatic carbocycles. The van der Waals surface area contributed by atoms with Crippen LogP contribution in [0.4, 0.5) is 0 Å². The molecule has 0 unspecified atom stereocenters. The number of aromatic nitrogens is 2. The van der Waals surface area contributed by atoms with E-state index in [0.29, 0.717) is 32.9 Å². The normalized spacial score (nSPS) is 11.2. The van der Waals surface area contributed by atoms with Gasteiger partial charge in [-0.1, -0.05) is 23.2 Å². The number of hydrogen-bond donors (Lipinski definition) is 0. The van der Waals surface area contributed by atoms with Gasteiger partial charge < -0.3 is 9.15 Å². The molecule has 2 aromatic heterocycles. The minimum Gasteiger partial charge on any atom is -0.484 e. The first-order chi connectivity index (χ1) is 12.4. The van der Waals surface area contributed by atoms with Gasteiger partial charge in [-0.2, -0.15) is 5.10 Å². The minimum absolute atomic E-state index is 0.129. The lowest BCUT2D eigenvalue weighted by molar-refractivity contribution is 0.104. The molecule has 0 fully saturated rings. The molecule has 0 radical (unpaired) electrons. The molecular formula is C19H16Cl2N2O3. The molecule has 0 bridgehead atoms. The summed E-state index contributed by atoms with van der Waals surface area (Å²) < 4.78 is 12.9. The topological polar surface area (TPSA) is 57.3 Å². The summed E-state index contributed by atoms with van der Waals surface area (Å²) in [7, 11) is 1.79.